The number of non-ortho nitro benzene ring substituents is 1. The molecule has 0 aliphatic heterocycles. The predicted molar refractivity (Wildman–Crippen MR) is 96.8 cm³/mol. The zero-order chi connectivity index (χ0) is 18.7. The molecule has 0 amide bonds. The van der Waals surface area contributed by atoms with Crippen LogP contribution in [0, 0.1) is 21.6 Å². The maximum atomic E-state index is 10.8. The molecule has 1 heterocycles. The average Bonchev–Trinajstić information content (AvgIpc) is 2.67. The van der Waals surface area contributed by atoms with E-state index in [9.17, 15) is 10.1 Å². The zero-order valence-electron chi connectivity index (χ0n) is 13.2. The number of hydrazine groups is 1. The summed E-state index contributed by atoms with van der Waals surface area (Å²) < 4.78 is 0. The summed E-state index contributed by atoms with van der Waals surface area (Å²) in [5.74, 6) is 5.62. The van der Waals surface area contributed by atoms with E-state index < -0.39 is 4.92 Å². The number of nitriles is 1. The topological polar surface area (TPSA) is 122 Å². The molecule has 1 aromatic heterocycles. The second-order valence-electron chi connectivity index (χ2n) is 5.22. The van der Waals surface area contributed by atoms with E-state index in [0.717, 1.165) is 10.6 Å². The normalized spacial score (nSPS) is 10.2. The highest BCUT2D eigenvalue weighted by Gasteiger charge is 2.13. The molecule has 8 nitrogen and oxygen atoms in total. The summed E-state index contributed by atoms with van der Waals surface area (Å²) in [6.45, 7) is 0. The molecule has 0 saturated heterocycles. The molecular formula is C17H11ClN6O2. The lowest BCUT2D eigenvalue weighted by Gasteiger charge is -2.11. The summed E-state index contributed by atoms with van der Waals surface area (Å²) in [4.78, 5) is 18.9. The largest absolute Gasteiger partial charge is 0.269 e. The molecule has 9 heteroatoms. The smallest absolute Gasteiger partial charge is 0.258 e. The van der Waals surface area contributed by atoms with Crippen molar-refractivity contribution in [1.29, 1.82) is 5.26 Å². The number of anilines is 1. The fourth-order valence-electron chi connectivity index (χ4n) is 2.26. The van der Waals surface area contributed by atoms with Crippen LogP contribution in [0.3, 0.4) is 0 Å². The summed E-state index contributed by atoms with van der Waals surface area (Å²) in [5, 5.41) is 21.2. The Bertz CT molecular complexity index is 999. The monoisotopic (exact) mass is 366 g/mol. The molecule has 0 radical (unpaired) electrons. The minimum atomic E-state index is -0.481. The Morgan fingerprint density at radius 2 is 1.54 bits per heavy atom. The van der Waals surface area contributed by atoms with Gasteiger partial charge in [-0.25, -0.2) is 15.8 Å². The number of nitro benzene ring substituents is 1. The van der Waals surface area contributed by atoms with E-state index in [1.165, 1.54) is 12.1 Å². The molecule has 3 rings (SSSR count). The molecule has 0 atom stereocenters. The van der Waals surface area contributed by atoms with Crippen LogP contribution in [0.2, 0.25) is 5.02 Å². The average molecular weight is 367 g/mol. The molecular weight excluding hydrogens is 356 g/mol. The van der Waals surface area contributed by atoms with Gasteiger partial charge < -0.3 is 0 Å². The number of benzene rings is 2. The van der Waals surface area contributed by atoms with Crippen molar-refractivity contribution in [1.82, 2.24) is 9.97 Å². The van der Waals surface area contributed by atoms with Gasteiger partial charge in [-0.05, 0) is 30.3 Å². The molecule has 0 aliphatic carbocycles. The first-order valence-corrected chi connectivity index (χ1v) is 7.70. The van der Waals surface area contributed by atoms with Gasteiger partial charge >= 0.3 is 0 Å². The van der Waals surface area contributed by atoms with Gasteiger partial charge in [-0.3, -0.25) is 10.1 Å². The van der Waals surface area contributed by atoms with Crippen molar-refractivity contribution >= 4 is 23.2 Å². The van der Waals surface area contributed by atoms with Crippen LogP contribution in [0.25, 0.3) is 22.5 Å². The highest BCUT2D eigenvalue weighted by Crippen LogP contribution is 2.27. The maximum Gasteiger partial charge on any atom is 0.269 e. The molecule has 2 aromatic carbocycles. The highest BCUT2D eigenvalue weighted by atomic mass is 35.5. The summed E-state index contributed by atoms with van der Waals surface area (Å²) in [5.41, 5.74) is 2.36. The minimum Gasteiger partial charge on any atom is -0.258 e. The zero-order valence-corrected chi connectivity index (χ0v) is 14.0. The molecule has 0 spiro atoms. The molecule has 0 aliphatic rings. The Labute approximate surface area is 153 Å². The fraction of sp³-hybridized carbons (Fsp3) is 0. The number of nitrogens with zero attached hydrogens (tertiary/aromatic N) is 5. The lowest BCUT2D eigenvalue weighted by Crippen LogP contribution is -2.26. The van der Waals surface area contributed by atoms with Crippen molar-refractivity contribution in [3.63, 3.8) is 0 Å². The lowest BCUT2D eigenvalue weighted by atomic mass is 10.1. The van der Waals surface area contributed by atoms with Gasteiger partial charge in [0.05, 0.1) is 16.3 Å². The lowest BCUT2D eigenvalue weighted by molar-refractivity contribution is -0.384. The Hall–Kier alpha value is -3.54. The van der Waals surface area contributed by atoms with Gasteiger partial charge in [-0.1, -0.05) is 23.7 Å². The second kappa shape index (κ2) is 7.14. The van der Waals surface area contributed by atoms with Gasteiger partial charge in [0.25, 0.3) is 11.6 Å². The van der Waals surface area contributed by atoms with Crippen molar-refractivity contribution in [3.8, 4) is 28.7 Å². The van der Waals surface area contributed by atoms with E-state index in [-0.39, 0.29) is 11.6 Å². The number of hydrogen-bond acceptors (Lipinski definition) is 7. The van der Waals surface area contributed by atoms with Crippen molar-refractivity contribution in [2.24, 2.45) is 5.84 Å². The van der Waals surface area contributed by atoms with Crippen molar-refractivity contribution in [2.75, 3.05) is 5.01 Å². The van der Waals surface area contributed by atoms with E-state index in [4.69, 9.17) is 22.7 Å². The van der Waals surface area contributed by atoms with Gasteiger partial charge in [0, 0.05) is 28.3 Å². The van der Waals surface area contributed by atoms with Gasteiger partial charge in [0.1, 0.15) is 0 Å². The molecule has 26 heavy (non-hydrogen) atoms. The highest BCUT2D eigenvalue weighted by molar-refractivity contribution is 6.30. The fourth-order valence-corrected chi connectivity index (χ4v) is 2.38. The third-order valence-electron chi connectivity index (χ3n) is 3.55. The Morgan fingerprint density at radius 3 is 2.00 bits per heavy atom. The van der Waals surface area contributed by atoms with Crippen LogP contribution < -0.4 is 10.9 Å². The van der Waals surface area contributed by atoms with E-state index in [1.54, 1.807) is 48.7 Å². The third-order valence-corrected chi connectivity index (χ3v) is 3.80. The minimum absolute atomic E-state index is 0.00769. The van der Waals surface area contributed by atoms with Crippen LogP contribution in [-0.2, 0) is 0 Å². The van der Waals surface area contributed by atoms with Gasteiger partial charge in [-0.15, -0.1) is 0 Å². The summed E-state index contributed by atoms with van der Waals surface area (Å²) >= 11 is 5.91. The van der Waals surface area contributed by atoms with E-state index in [2.05, 4.69) is 9.97 Å². The Kier molecular flexibility index (Phi) is 4.75. The van der Waals surface area contributed by atoms with Crippen LogP contribution in [0.15, 0.2) is 54.6 Å². The second-order valence-corrected chi connectivity index (χ2v) is 5.66. The Balaban J connectivity index is 2.12. The maximum absolute atomic E-state index is 10.8. The molecule has 0 fully saturated rings. The first-order valence-electron chi connectivity index (χ1n) is 7.32. The SMILES string of the molecule is N#CN(N)c1nc(-c2ccc(Cl)cc2)cc(-c2ccc([N+](=O)[O-])cc2)n1. The standard InChI is InChI=1S/C17H11ClN6O2/c18-13-5-1-11(2-6-13)15-9-16(22-17(21-15)23(20)10-19)12-3-7-14(8-4-12)24(25)26/h1-9H,20H2. The van der Waals surface area contributed by atoms with Crippen LogP contribution in [-0.4, -0.2) is 14.9 Å². The van der Waals surface area contributed by atoms with E-state index in [1.807, 2.05) is 0 Å². The number of hydrogen-bond donors (Lipinski definition) is 1. The van der Waals surface area contributed by atoms with Crippen molar-refractivity contribution in [3.05, 3.63) is 69.7 Å². The number of nitrogens with two attached hydrogens (primary N) is 1. The molecule has 0 saturated carbocycles. The predicted octanol–water partition coefficient (Wildman–Crippen LogP) is 3.53. The number of rotatable bonds is 4. The number of halogens is 1. The van der Waals surface area contributed by atoms with Gasteiger partial charge in [0.15, 0.2) is 0 Å². The number of aromatic nitrogens is 2. The van der Waals surface area contributed by atoms with Crippen LogP contribution in [0.4, 0.5) is 11.6 Å². The molecule has 0 bridgehead atoms. The van der Waals surface area contributed by atoms with Crippen molar-refractivity contribution < 1.29 is 4.92 Å². The molecule has 0 unspecified atom stereocenters. The van der Waals surface area contributed by atoms with Gasteiger partial charge in [-0.2, -0.15) is 10.3 Å². The van der Waals surface area contributed by atoms with Crippen LogP contribution in [0.5, 0.6) is 0 Å². The summed E-state index contributed by atoms with van der Waals surface area (Å²) in [7, 11) is 0. The Morgan fingerprint density at radius 1 is 1.04 bits per heavy atom. The third kappa shape index (κ3) is 3.59. The quantitative estimate of drug-likeness (QED) is 0.246. The summed E-state index contributed by atoms with van der Waals surface area (Å²) in [6.07, 6.45) is 1.75. The first-order chi connectivity index (χ1) is 12.5. The van der Waals surface area contributed by atoms with Crippen LogP contribution in [0.1, 0.15) is 0 Å². The van der Waals surface area contributed by atoms with Crippen molar-refractivity contribution in [2.45, 2.75) is 0 Å². The van der Waals surface area contributed by atoms with E-state index in [0.29, 0.717) is 22.0 Å². The molecule has 128 valence electrons. The summed E-state index contributed by atoms with van der Waals surface area (Å²) in [6, 6.07) is 14.6. The van der Waals surface area contributed by atoms with Crippen LogP contribution >= 0.6 is 11.6 Å². The number of nitro groups is 1. The van der Waals surface area contributed by atoms with Gasteiger partial charge in [0.2, 0.25) is 6.19 Å². The first kappa shape index (κ1) is 17.3. The molecule has 3 aromatic rings. The van der Waals surface area contributed by atoms with E-state index >= 15 is 0 Å². The molecule has 2 N–H and O–H groups in total.